The van der Waals surface area contributed by atoms with Gasteiger partial charge in [-0.2, -0.15) is 0 Å². The number of hydrogen-bond donors (Lipinski definition) is 0. The zero-order valence-electron chi connectivity index (χ0n) is 24.2. The van der Waals surface area contributed by atoms with Gasteiger partial charge >= 0.3 is 11.9 Å². The van der Waals surface area contributed by atoms with Crippen LogP contribution in [0.25, 0.3) is 11.1 Å². The standard InChI is InChI=1S/C35H44O6/c1-2-3-4-5-9-14-28(39-34-15-10-11-22-38-34)20-21-29-30-23-33(36)40-32(30)24-31(29)41-35(37)27-18-16-26(17-19-27)25-12-7-6-8-13-25/h6-8,12-13,16-21,28-32,34H,2-5,9-11,14-15,22-24H2,1H3/t28-,29+,30+,31+,32-,34?/m0/s1. The Labute approximate surface area is 244 Å². The van der Waals surface area contributed by atoms with E-state index in [2.05, 4.69) is 19.1 Å². The lowest BCUT2D eigenvalue weighted by molar-refractivity contribution is -0.179. The highest BCUT2D eigenvalue weighted by Crippen LogP contribution is 2.44. The number of fused-ring (bicyclic) bond motifs is 1. The Morgan fingerprint density at radius 1 is 1.00 bits per heavy atom. The van der Waals surface area contributed by atoms with Gasteiger partial charge in [0.1, 0.15) is 12.2 Å². The first-order valence-corrected chi connectivity index (χ1v) is 15.6. The van der Waals surface area contributed by atoms with Crippen molar-refractivity contribution in [3.8, 4) is 11.1 Å². The van der Waals surface area contributed by atoms with Crippen molar-refractivity contribution in [2.45, 2.75) is 102 Å². The van der Waals surface area contributed by atoms with Crippen LogP contribution in [0.4, 0.5) is 0 Å². The number of rotatable bonds is 13. The van der Waals surface area contributed by atoms with Crippen LogP contribution in [0.15, 0.2) is 66.7 Å². The van der Waals surface area contributed by atoms with Crippen molar-refractivity contribution in [2.75, 3.05) is 6.61 Å². The first kappa shape index (κ1) is 29.5. The lowest BCUT2D eigenvalue weighted by atomic mass is 9.91. The molecule has 2 aromatic rings. The zero-order valence-corrected chi connectivity index (χ0v) is 24.2. The molecule has 2 saturated heterocycles. The smallest absolute Gasteiger partial charge is 0.338 e. The molecule has 6 heteroatoms. The Balaban J connectivity index is 1.26. The van der Waals surface area contributed by atoms with E-state index in [4.69, 9.17) is 18.9 Å². The van der Waals surface area contributed by atoms with Crippen molar-refractivity contribution in [1.29, 1.82) is 0 Å². The number of carbonyl (C=O) groups is 2. The summed E-state index contributed by atoms with van der Waals surface area (Å²) >= 11 is 0. The molecule has 0 radical (unpaired) electrons. The van der Waals surface area contributed by atoms with E-state index >= 15 is 0 Å². The highest BCUT2D eigenvalue weighted by Gasteiger charge is 2.50. The number of unbranched alkanes of at least 4 members (excludes halogenated alkanes) is 4. The Morgan fingerprint density at radius 3 is 2.54 bits per heavy atom. The Bertz CT molecular complexity index is 1140. The molecule has 1 aliphatic carbocycles. The van der Waals surface area contributed by atoms with Crippen LogP contribution in [0.2, 0.25) is 0 Å². The number of esters is 2. The summed E-state index contributed by atoms with van der Waals surface area (Å²) in [7, 11) is 0. The minimum Gasteiger partial charge on any atom is -0.462 e. The van der Waals surface area contributed by atoms with Crippen LogP contribution in [-0.2, 0) is 23.7 Å². The van der Waals surface area contributed by atoms with Crippen LogP contribution in [0.5, 0.6) is 0 Å². The minimum absolute atomic E-state index is 0.00754. The van der Waals surface area contributed by atoms with Gasteiger partial charge in [-0.25, -0.2) is 4.79 Å². The fourth-order valence-electron chi connectivity index (χ4n) is 6.35. The molecule has 41 heavy (non-hydrogen) atoms. The molecule has 6 nitrogen and oxygen atoms in total. The number of ether oxygens (including phenoxy) is 4. The third-order valence-electron chi connectivity index (χ3n) is 8.64. The average molecular weight is 561 g/mol. The van der Waals surface area contributed by atoms with E-state index in [9.17, 15) is 9.59 Å². The van der Waals surface area contributed by atoms with Gasteiger partial charge in [-0.1, -0.05) is 93.6 Å². The van der Waals surface area contributed by atoms with Gasteiger partial charge in [0, 0.05) is 24.9 Å². The second-order valence-corrected chi connectivity index (χ2v) is 11.7. The summed E-state index contributed by atoms with van der Waals surface area (Å²) in [5.41, 5.74) is 2.67. The lowest BCUT2D eigenvalue weighted by Crippen LogP contribution is -2.28. The third kappa shape index (κ3) is 8.08. The van der Waals surface area contributed by atoms with E-state index in [-0.39, 0.29) is 48.4 Å². The van der Waals surface area contributed by atoms with Crippen molar-refractivity contribution in [2.24, 2.45) is 11.8 Å². The van der Waals surface area contributed by atoms with E-state index in [0.717, 1.165) is 49.8 Å². The molecule has 0 bridgehead atoms. The summed E-state index contributed by atoms with van der Waals surface area (Å²) in [6.07, 6.45) is 14.4. The van der Waals surface area contributed by atoms with Gasteiger partial charge in [-0.05, 0) is 48.9 Å². The van der Waals surface area contributed by atoms with E-state index < -0.39 is 0 Å². The molecule has 2 aromatic carbocycles. The fourth-order valence-corrected chi connectivity index (χ4v) is 6.35. The first-order valence-electron chi connectivity index (χ1n) is 15.6. The summed E-state index contributed by atoms with van der Waals surface area (Å²) in [6.45, 7) is 2.97. The third-order valence-corrected chi connectivity index (χ3v) is 8.64. The molecule has 3 fully saturated rings. The second-order valence-electron chi connectivity index (χ2n) is 11.7. The first-order chi connectivity index (χ1) is 20.1. The molecule has 220 valence electrons. The molecule has 0 aromatic heterocycles. The summed E-state index contributed by atoms with van der Waals surface area (Å²) in [5.74, 6) is -0.608. The van der Waals surface area contributed by atoms with Crippen LogP contribution in [0.3, 0.4) is 0 Å². The van der Waals surface area contributed by atoms with Crippen molar-refractivity contribution >= 4 is 11.9 Å². The van der Waals surface area contributed by atoms with E-state index in [1.165, 1.54) is 25.7 Å². The van der Waals surface area contributed by atoms with Gasteiger partial charge in [-0.15, -0.1) is 0 Å². The van der Waals surface area contributed by atoms with Gasteiger partial charge in [0.15, 0.2) is 6.29 Å². The van der Waals surface area contributed by atoms with Crippen LogP contribution >= 0.6 is 0 Å². The van der Waals surface area contributed by atoms with Gasteiger partial charge in [-0.3, -0.25) is 4.79 Å². The molecule has 2 aliphatic heterocycles. The van der Waals surface area contributed by atoms with Crippen LogP contribution in [0, 0.1) is 11.8 Å². The van der Waals surface area contributed by atoms with Crippen molar-refractivity contribution in [1.82, 2.24) is 0 Å². The maximum Gasteiger partial charge on any atom is 0.338 e. The van der Waals surface area contributed by atoms with Crippen molar-refractivity contribution in [3.63, 3.8) is 0 Å². The predicted molar refractivity (Wildman–Crippen MR) is 158 cm³/mol. The maximum absolute atomic E-state index is 13.2. The topological polar surface area (TPSA) is 71.1 Å². The van der Waals surface area contributed by atoms with Gasteiger partial charge in [0.25, 0.3) is 0 Å². The number of carbonyl (C=O) groups excluding carboxylic acids is 2. The molecule has 0 spiro atoms. The highest BCUT2D eigenvalue weighted by molar-refractivity contribution is 5.90. The largest absolute Gasteiger partial charge is 0.462 e. The summed E-state index contributed by atoms with van der Waals surface area (Å²) < 4.78 is 24.0. The second kappa shape index (κ2) is 14.8. The van der Waals surface area contributed by atoms with Gasteiger partial charge in [0.05, 0.1) is 18.1 Å². The summed E-state index contributed by atoms with van der Waals surface area (Å²) in [5, 5.41) is 0. The molecule has 3 aliphatic rings. The Morgan fingerprint density at radius 2 is 1.78 bits per heavy atom. The fraction of sp³-hybridized carbons (Fsp3) is 0.543. The molecule has 5 rings (SSSR count). The van der Waals surface area contributed by atoms with Crippen molar-refractivity contribution in [3.05, 3.63) is 72.3 Å². The molecular formula is C35H44O6. The van der Waals surface area contributed by atoms with Gasteiger partial charge < -0.3 is 18.9 Å². The highest BCUT2D eigenvalue weighted by atomic mass is 16.7. The number of benzene rings is 2. The zero-order chi connectivity index (χ0) is 28.4. The Hall–Kier alpha value is -2.96. The average Bonchev–Trinajstić information content (AvgIpc) is 3.51. The molecule has 1 unspecified atom stereocenters. The molecule has 0 N–H and O–H groups in total. The van der Waals surface area contributed by atoms with E-state index in [1.807, 2.05) is 54.6 Å². The van der Waals surface area contributed by atoms with Crippen LogP contribution in [0.1, 0.15) is 87.9 Å². The maximum atomic E-state index is 13.2. The quantitative estimate of drug-likeness (QED) is 0.142. The number of hydrogen-bond acceptors (Lipinski definition) is 6. The molecule has 2 heterocycles. The minimum atomic E-state index is -0.355. The molecule has 0 amide bonds. The van der Waals surface area contributed by atoms with Crippen LogP contribution < -0.4 is 0 Å². The molecule has 6 atom stereocenters. The SMILES string of the molecule is CCCCCCC[C@@H](C=C[C@@H]1[C@H]2CC(=O)O[C@H]2C[C@H]1OC(=O)c1ccc(-c2ccccc2)cc1)OC1CCCCO1. The van der Waals surface area contributed by atoms with Gasteiger partial charge in [0.2, 0.25) is 0 Å². The van der Waals surface area contributed by atoms with E-state index in [0.29, 0.717) is 18.4 Å². The normalized spacial score (nSPS) is 26.6. The summed E-state index contributed by atoms with van der Waals surface area (Å²) in [6, 6.07) is 17.6. The summed E-state index contributed by atoms with van der Waals surface area (Å²) in [4.78, 5) is 25.3. The lowest BCUT2D eigenvalue weighted by Gasteiger charge is -2.27. The molecular weight excluding hydrogens is 516 g/mol. The predicted octanol–water partition coefficient (Wildman–Crippen LogP) is 7.66. The monoisotopic (exact) mass is 560 g/mol. The Kier molecular flexibility index (Phi) is 10.7. The molecule has 1 saturated carbocycles. The van der Waals surface area contributed by atoms with E-state index in [1.54, 1.807) is 0 Å². The van der Waals surface area contributed by atoms with Crippen LogP contribution in [-0.4, -0.2) is 43.1 Å². The van der Waals surface area contributed by atoms with Crippen molar-refractivity contribution < 1.29 is 28.5 Å².